The van der Waals surface area contributed by atoms with E-state index in [9.17, 15) is 18.3 Å². The lowest BCUT2D eigenvalue weighted by atomic mass is 9.83. The molecule has 144 valence electrons. The van der Waals surface area contributed by atoms with Crippen LogP contribution >= 0.6 is 0 Å². The number of carbonyl (C=O) groups is 1. The molecule has 3 rings (SSSR count). The third-order valence-corrected chi connectivity index (χ3v) is 5.94. The molecular weight excluding hydrogens is 370 g/mol. The Morgan fingerprint density at radius 2 is 1.78 bits per heavy atom. The Morgan fingerprint density at radius 3 is 2.41 bits per heavy atom. The lowest BCUT2D eigenvalue weighted by Crippen LogP contribution is -2.47. The Morgan fingerprint density at radius 1 is 1.11 bits per heavy atom. The molecule has 0 bridgehead atoms. The fourth-order valence-corrected chi connectivity index (χ4v) is 4.10. The molecule has 1 aliphatic heterocycles. The van der Waals surface area contributed by atoms with Crippen LogP contribution in [0.25, 0.3) is 0 Å². The summed E-state index contributed by atoms with van der Waals surface area (Å²) in [4.78, 5) is 14.4. The molecular formula is C19H21NO6S. The highest BCUT2D eigenvalue weighted by Gasteiger charge is 2.51. The van der Waals surface area contributed by atoms with Crippen LogP contribution in [0.4, 0.5) is 5.69 Å². The van der Waals surface area contributed by atoms with Crippen molar-refractivity contribution in [3.63, 3.8) is 0 Å². The van der Waals surface area contributed by atoms with Gasteiger partial charge < -0.3 is 9.84 Å². The summed E-state index contributed by atoms with van der Waals surface area (Å²) >= 11 is 0. The predicted molar refractivity (Wildman–Crippen MR) is 98.9 cm³/mol. The third-order valence-electron chi connectivity index (χ3n) is 4.66. The summed E-state index contributed by atoms with van der Waals surface area (Å²) in [6.45, 7) is 0.737. The molecule has 0 spiro atoms. The standard InChI is InChI=1S/C19H21NO6S/c1-14-7-9-15(10-8-14)27(23,24)26-12-19(11-21)16-5-3-4-6-17(16)20(13-25-2)18(19)22/h3-10,21H,11-13H2,1-2H3/t19-/m1/s1. The molecule has 1 N–H and O–H groups in total. The predicted octanol–water partition coefficient (Wildman–Crippen LogP) is 1.58. The number of rotatable bonds is 7. The monoisotopic (exact) mass is 391 g/mol. The zero-order valence-corrected chi connectivity index (χ0v) is 15.9. The minimum atomic E-state index is -4.08. The molecule has 0 aliphatic carbocycles. The van der Waals surface area contributed by atoms with Gasteiger partial charge in [-0.05, 0) is 30.7 Å². The van der Waals surface area contributed by atoms with E-state index >= 15 is 0 Å². The summed E-state index contributed by atoms with van der Waals surface area (Å²) in [6, 6.07) is 13.1. The number of nitrogens with zero attached hydrogens (tertiary/aromatic N) is 1. The minimum absolute atomic E-state index is 0.00586. The number of ether oxygens (including phenoxy) is 1. The van der Waals surface area contributed by atoms with Gasteiger partial charge in [0.1, 0.15) is 12.1 Å². The van der Waals surface area contributed by atoms with Crippen molar-refractivity contribution in [3.05, 3.63) is 59.7 Å². The summed E-state index contributed by atoms with van der Waals surface area (Å²) in [6.07, 6.45) is 0. The Bertz CT molecular complexity index is 941. The number of methoxy groups -OCH3 is 1. The normalized spacial score (nSPS) is 19.4. The number of aryl methyl sites for hydroxylation is 1. The number of carbonyl (C=O) groups excluding carboxylic acids is 1. The minimum Gasteiger partial charge on any atom is -0.395 e. The average Bonchev–Trinajstić information content (AvgIpc) is 2.90. The smallest absolute Gasteiger partial charge is 0.297 e. The third kappa shape index (κ3) is 3.37. The SMILES string of the molecule is COCN1C(=O)[C@](CO)(COS(=O)(=O)c2ccc(C)cc2)c2ccccc21. The van der Waals surface area contributed by atoms with Crippen LogP contribution in [-0.2, 0) is 29.2 Å². The van der Waals surface area contributed by atoms with Crippen molar-refractivity contribution in [2.45, 2.75) is 17.2 Å². The molecule has 0 aromatic heterocycles. The summed E-state index contributed by atoms with van der Waals surface area (Å²) in [7, 11) is -2.63. The van der Waals surface area contributed by atoms with E-state index in [-0.39, 0.29) is 11.6 Å². The summed E-state index contributed by atoms with van der Waals surface area (Å²) in [5.74, 6) is -0.466. The number of benzene rings is 2. The van der Waals surface area contributed by atoms with E-state index in [1.807, 2.05) is 6.92 Å². The molecule has 0 radical (unpaired) electrons. The molecule has 7 nitrogen and oxygen atoms in total. The van der Waals surface area contributed by atoms with Crippen LogP contribution in [0.3, 0.4) is 0 Å². The number of hydrogen-bond donors (Lipinski definition) is 1. The van der Waals surface area contributed by atoms with Crippen LogP contribution in [0, 0.1) is 6.92 Å². The summed E-state index contributed by atoms with van der Waals surface area (Å²) < 4.78 is 35.4. The topological polar surface area (TPSA) is 93.1 Å². The molecule has 1 aliphatic rings. The van der Waals surface area contributed by atoms with Crippen LogP contribution < -0.4 is 4.90 Å². The Hall–Kier alpha value is -2.26. The van der Waals surface area contributed by atoms with Gasteiger partial charge in [-0.2, -0.15) is 8.42 Å². The lowest BCUT2D eigenvalue weighted by Gasteiger charge is -2.26. The van der Waals surface area contributed by atoms with Crippen LogP contribution in [0.1, 0.15) is 11.1 Å². The Balaban J connectivity index is 1.94. The van der Waals surface area contributed by atoms with Crippen LogP contribution in [0.2, 0.25) is 0 Å². The second-order valence-electron chi connectivity index (χ2n) is 6.44. The highest BCUT2D eigenvalue weighted by molar-refractivity contribution is 7.86. The number of para-hydroxylation sites is 1. The van der Waals surface area contributed by atoms with E-state index in [1.54, 1.807) is 36.4 Å². The van der Waals surface area contributed by atoms with Gasteiger partial charge in [-0.25, -0.2) is 0 Å². The molecule has 8 heteroatoms. The highest BCUT2D eigenvalue weighted by Crippen LogP contribution is 2.42. The van der Waals surface area contributed by atoms with Gasteiger partial charge in [-0.15, -0.1) is 0 Å². The van der Waals surface area contributed by atoms with Gasteiger partial charge in [0.25, 0.3) is 10.1 Å². The van der Waals surface area contributed by atoms with Gasteiger partial charge in [0.2, 0.25) is 5.91 Å². The van der Waals surface area contributed by atoms with Crippen LogP contribution in [-0.4, -0.2) is 46.5 Å². The van der Waals surface area contributed by atoms with Gasteiger partial charge >= 0.3 is 0 Å². The first-order chi connectivity index (χ1) is 12.9. The maximum atomic E-state index is 13.0. The van der Waals surface area contributed by atoms with Crippen molar-refractivity contribution in [3.8, 4) is 0 Å². The van der Waals surface area contributed by atoms with E-state index in [0.29, 0.717) is 11.3 Å². The van der Waals surface area contributed by atoms with E-state index < -0.39 is 34.7 Å². The fourth-order valence-electron chi connectivity index (χ4n) is 3.14. The number of aliphatic hydroxyl groups excluding tert-OH is 1. The van der Waals surface area contributed by atoms with Gasteiger partial charge in [-0.3, -0.25) is 13.9 Å². The molecule has 2 aromatic carbocycles. The molecule has 0 unspecified atom stereocenters. The number of anilines is 1. The van der Waals surface area contributed by atoms with Crippen LogP contribution in [0.5, 0.6) is 0 Å². The quantitative estimate of drug-likeness (QED) is 0.721. The zero-order valence-electron chi connectivity index (χ0n) is 15.1. The summed E-state index contributed by atoms with van der Waals surface area (Å²) in [5, 5.41) is 10.1. The van der Waals surface area contributed by atoms with Gasteiger partial charge in [0, 0.05) is 7.11 Å². The second kappa shape index (κ2) is 7.40. The van der Waals surface area contributed by atoms with E-state index in [0.717, 1.165) is 5.56 Å². The molecule has 2 aromatic rings. The zero-order chi connectivity index (χ0) is 19.7. The highest BCUT2D eigenvalue weighted by atomic mass is 32.2. The van der Waals surface area contributed by atoms with E-state index in [2.05, 4.69) is 0 Å². The van der Waals surface area contributed by atoms with E-state index in [4.69, 9.17) is 8.92 Å². The Kier molecular flexibility index (Phi) is 5.34. The van der Waals surface area contributed by atoms with Crippen molar-refractivity contribution in [1.82, 2.24) is 0 Å². The van der Waals surface area contributed by atoms with Gasteiger partial charge in [-0.1, -0.05) is 35.9 Å². The molecule has 0 fully saturated rings. The lowest BCUT2D eigenvalue weighted by molar-refractivity contribution is -0.126. The van der Waals surface area contributed by atoms with Crippen molar-refractivity contribution < 1.29 is 27.2 Å². The average molecular weight is 391 g/mol. The molecule has 0 saturated heterocycles. The number of hydrogen-bond acceptors (Lipinski definition) is 6. The molecule has 1 atom stereocenters. The number of amides is 1. The van der Waals surface area contributed by atoms with Crippen molar-refractivity contribution in [2.75, 3.05) is 32.0 Å². The summed E-state index contributed by atoms with van der Waals surface area (Å²) in [5.41, 5.74) is 0.478. The van der Waals surface area contributed by atoms with Gasteiger partial charge in [0.15, 0.2) is 0 Å². The molecule has 0 saturated carbocycles. The molecule has 1 amide bonds. The van der Waals surface area contributed by atoms with E-state index in [1.165, 1.54) is 24.1 Å². The first-order valence-electron chi connectivity index (χ1n) is 8.33. The second-order valence-corrected chi connectivity index (χ2v) is 8.05. The number of fused-ring (bicyclic) bond motifs is 1. The largest absolute Gasteiger partial charge is 0.395 e. The first-order valence-corrected chi connectivity index (χ1v) is 9.74. The number of aliphatic hydroxyl groups is 1. The Labute approximate surface area is 158 Å². The fraction of sp³-hybridized carbons (Fsp3) is 0.316. The molecule has 1 heterocycles. The maximum Gasteiger partial charge on any atom is 0.297 e. The van der Waals surface area contributed by atoms with Crippen molar-refractivity contribution in [2.24, 2.45) is 0 Å². The van der Waals surface area contributed by atoms with Crippen molar-refractivity contribution in [1.29, 1.82) is 0 Å². The van der Waals surface area contributed by atoms with Crippen LogP contribution in [0.15, 0.2) is 53.4 Å². The maximum absolute atomic E-state index is 13.0. The van der Waals surface area contributed by atoms with Gasteiger partial charge in [0.05, 0.1) is 23.8 Å². The molecule has 27 heavy (non-hydrogen) atoms. The van der Waals surface area contributed by atoms with Crippen molar-refractivity contribution >= 4 is 21.7 Å². The first kappa shape index (κ1) is 19.5.